The molecule has 1 atom stereocenters. The van der Waals surface area contributed by atoms with Crippen LogP contribution in [-0.2, 0) is 0 Å². The van der Waals surface area contributed by atoms with Crippen molar-refractivity contribution >= 4 is 0 Å². The predicted molar refractivity (Wildman–Crippen MR) is 62.6 cm³/mol. The van der Waals surface area contributed by atoms with E-state index in [4.69, 9.17) is 0 Å². The van der Waals surface area contributed by atoms with E-state index < -0.39 is 0 Å². The normalized spacial score (nSPS) is 17.4. The Morgan fingerprint density at radius 3 is 3.00 bits per heavy atom. The molecule has 3 heteroatoms. The topological polar surface area (TPSA) is 24.9 Å². The first kappa shape index (κ1) is 11.5. The fourth-order valence-corrected chi connectivity index (χ4v) is 1.99. The Bertz CT molecular complexity index is 336. The highest BCUT2D eigenvalue weighted by Gasteiger charge is 2.27. The quantitative estimate of drug-likeness (QED) is 0.800. The minimum atomic E-state index is -0.184. The molecule has 1 aromatic rings. The molecule has 0 aromatic carbocycles. The van der Waals surface area contributed by atoms with Crippen LogP contribution in [-0.4, -0.2) is 11.5 Å². The van der Waals surface area contributed by atoms with E-state index in [1.54, 1.807) is 12.3 Å². The van der Waals surface area contributed by atoms with Crippen LogP contribution in [0.25, 0.3) is 0 Å². The van der Waals surface area contributed by atoms with E-state index in [9.17, 15) is 4.39 Å². The third-order valence-electron chi connectivity index (χ3n) is 3.09. The maximum atomic E-state index is 13.6. The summed E-state index contributed by atoms with van der Waals surface area (Å²) in [6.07, 6.45) is 7.72. The second-order valence-electron chi connectivity index (χ2n) is 4.58. The molecule has 1 aliphatic carbocycles. The molecule has 0 spiro atoms. The van der Waals surface area contributed by atoms with Crippen molar-refractivity contribution in [1.29, 1.82) is 0 Å². The summed E-state index contributed by atoms with van der Waals surface area (Å²) in [5.74, 6) is 0.610. The second kappa shape index (κ2) is 5.39. The van der Waals surface area contributed by atoms with Gasteiger partial charge < -0.3 is 5.32 Å². The van der Waals surface area contributed by atoms with Gasteiger partial charge >= 0.3 is 0 Å². The Morgan fingerprint density at radius 1 is 1.56 bits per heavy atom. The van der Waals surface area contributed by atoms with Crippen LogP contribution in [0.1, 0.15) is 44.2 Å². The zero-order valence-electron chi connectivity index (χ0n) is 9.75. The van der Waals surface area contributed by atoms with Crippen molar-refractivity contribution in [3.05, 3.63) is 29.8 Å². The van der Waals surface area contributed by atoms with E-state index in [-0.39, 0.29) is 11.9 Å². The van der Waals surface area contributed by atoms with Gasteiger partial charge in [-0.2, -0.15) is 0 Å². The lowest BCUT2D eigenvalue weighted by molar-refractivity contribution is 0.452. The molecule has 16 heavy (non-hydrogen) atoms. The lowest BCUT2D eigenvalue weighted by atomic mass is 10.0. The third kappa shape index (κ3) is 3.01. The van der Waals surface area contributed by atoms with Crippen molar-refractivity contribution in [3.8, 4) is 0 Å². The van der Waals surface area contributed by atoms with Gasteiger partial charge in [0.25, 0.3) is 0 Å². The number of hydrogen-bond donors (Lipinski definition) is 1. The number of aromatic nitrogens is 1. The molecular weight excluding hydrogens is 203 g/mol. The number of rotatable bonds is 6. The van der Waals surface area contributed by atoms with Gasteiger partial charge in [-0.1, -0.05) is 19.8 Å². The average Bonchev–Trinajstić information content (AvgIpc) is 3.09. The lowest BCUT2D eigenvalue weighted by Gasteiger charge is -2.19. The average molecular weight is 222 g/mol. The number of halogens is 1. The van der Waals surface area contributed by atoms with Gasteiger partial charge in [0.05, 0.1) is 6.20 Å². The summed E-state index contributed by atoms with van der Waals surface area (Å²) >= 11 is 0. The minimum absolute atomic E-state index is 0.162. The highest BCUT2D eigenvalue weighted by atomic mass is 19.1. The van der Waals surface area contributed by atoms with Crippen molar-refractivity contribution in [2.45, 2.75) is 38.6 Å². The summed E-state index contributed by atoms with van der Waals surface area (Å²) in [5.41, 5.74) is 0.773. The van der Waals surface area contributed by atoms with E-state index >= 15 is 0 Å². The highest BCUT2D eigenvalue weighted by Crippen LogP contribution is 2.37. The smallest absolute Gasteiger partial charge is 0.146 e. The molecular formula is C13H19FN2. The summed E-state index contributed by atoms with van der Waals surface area (Å²) in [6, 6.07) is 1.96. The molecule has 0 saturated heterocycles. The van der Waals surface area contributed by atoms with Gasteiger partial charge in [-0.25, -0.2) is 4.39 Å². The summed E-state index contributed by atoms with van der Waals surface area (Å²) in [5, 5.41) is 3.43. The van der Waals surface area contributed by atoms with Gasteiger partial charge in [0.2, 0.25) is 0 Å². The predicted octanol–water partition coefficient (Wildman–Crippen LogP) is 3.06. The molecule has 1 aromatic heterocycles. The van der Waals surface area contributed by atoms with Gasteiger partial charge in [-0.3, -0.25) is 4.98 Å². The third-order valence-corrected chi connectivity index (χ3v) is 3.09. The first-order valence-corrected chi connectivity index (χ1v) is 6.14. The van der Waals surface area contributed by atoms with E-state index in [1.165, 1.54) is 19.0 Å². The van der Waals surface area contributed by atoms with Gasteiger partial charge in [0, 0.05) is 17.8 Å². The molecule has 1 aliphatic rings. The summed E-state index contributed by atoms with van der Waals surface area (Å²) < 4.78 is 13.6. The second-order valence-corrected chi connectivity index (χ2v) is 4.58. The molecule has 1 fully saturated rings. The molecule has 0 aliphatic heterocycles. The molecule has 1 unspecified atom stereocenters. The minimum Gasteiger partial charge on any atom is -0.310 e. The fourth-order valence-electron chi connectivity index (χ4n) is 1.99. The van der Waals surface area contributed by atoms with Crippen LogP contribution in [0, 0.1) is 11.7 Å². The first-order chi connectivity index (χ1) is 7.81. The number of hydrogen-bond acceptors (Lipinski definition) is 2. The number of nitrogens with zero attached hydrogens (tertiary/aromatic N) is 1. The molecule has 2 rings (SSSR count). The molecule has 1 heterocycles. The molecule has 0 radical (unpaired) electrons. The number of pyridine rings is 1. The van der Waals surface area contributed by atoms with Crippen LogP contribution >= 0.6 is 0 Å². The Balaban J connectivity index is 2.06. The Labute approximate surface area is 96.3 Å². The maximum absolute atomic E-state index is 13.6. The largest absolute Gasteiger partial charge is 0.310 e. The Kier molecular flexibility index (Phi) is 3.88. The molecule has 0 bridgehead atoms. The molecule has 0 amide bonds. The van der Waals surface area contributed by atoms with Crippen LogP contribution in [0.5, 0.6) is 0 Å². The zero-order valence-corrected chi connectivity index (χ0v) is 9.75. The highest BCUT2D eigenvalue weighted by molar-refractivity contribution is 5.17. The van der Waals surface area contributed by atoms with E-state index in [2.05, 4.69) is 17.2 Å². The van der Waals surface area contributed by atoms with Crippen molar-refractivity contribution in [3.63, 3.8) is 0 Å². The number of nitrogens with one attached hydrogen (secondary N) is 1. The van der Waals surface area contributed by atoms with Crippen LogP contribution < -0.4 is 5.32 Å². The molecule has 88 valence electrons. The van der Waals surface area contributed by atoms with Gasteiger partial charge in [-0.15, -0.1) is 0 Å². The van der Waals surface area contributed by atoms with E-state index in [0.29, 0.717) is 0 Å². The standard InChI is InChI=1S/C13H19FN2/c1-2-6-16-13(8-10-3-4-10)11-5-7-15-9-12(11)14/h5,7,9-10,13,16H,2-4,6,8H2,1H3. The molecule has 1 saturated carbocycles. The van der Waals surface area contributed by atoms with Crippen molar-refractivity contribution in [2.75, 3.05) is 6.54 Å². The summed E-state index contributed by atoms with van der Waals surface area (Å²) in [7, 11) is 0. The van der Waals surface area contributed by atoms with Crippen molar-refractivity contribution in [1.82, 2.24) is 10.3 Å². The van der Waals surface area contributed by atoms with Crippen molar-refractivity contribution < 1.29 is 4.39 Å². The summed E-state index contributed by atoms with van der Waals surface area (Å²) in [6.45, 7) is 3.07. The van der Waals surface area contributed by atoms with Gasteiger partial charge in [-0.05, 0) is 31.4 Å². The van der Waals surface area contributed by atoms with E-state index in [0.717, 1.165) is 30.9 Å². The first-order valence-electron chi connectivity index (χ1n) is 6.14. The molecule has 2 nitrogen and oxygen atoms in total. The summed E-state index contributed by atoms with van der Waals surface area (Å²) in [4.78, 5) is 3.80. The van der Waals surface area contributed by atoms with Crippen molar-refractivity contribution in [2.24, 2.45) is 5.92 Å². The maximum Gasteiger partial charge on any atom is 0.146 e. The lowest BCUT2D eigenvalue weighted by Crippen LogP contribution is -2.23. The van der Waals surface area contributed by atoms with E-state index in [1.807, 2.05) is 0 Å². The monoisotopic (exact) mass is 222 g/mol. The Morgan fingerprint density at radius 2 is 2.38 bits per heavy atom. The van der Waals surface area contributed by atoms with Crippen LogP contribution in [0.4, 0.5) is 4.39 Å². The van der Waals surface area contributed by atoms with Gasteiger partial charge in [0.15, 0.2) is 0 Å². The van der Waals surface area contributed by atoms with Crippen LogP contribution in [0.3, 0.4) is 0 Å². The zero-order chi connectivity index (χ0) is 11.4. The van der Waals surface area contributed by atoms with Crippen LogP contribution in [0.2, 0.25) is 0 Å². The molecule has 1 N–H and O–H groups in total. The van der Waals surface area contributed by atoms with Crippen LogP contribution in [0.15, 0.2) is 18.5 Å². The van der Waals surface area contributed by atoms with Gasteiger partial charge in [0.1, 0.15) is 5.82 Å². The fraction of sp³-hybridized carbons (Fsp3) is 0.615. The SMILES string of the molecule is CCCNC(CC1CC1)c1ccncc1F. The Hall–Kier alpha value is -0.960.